The fraction of sp³-hybridized carbons (Fsp3) is 0.778. The first-order valence-corrected chi connectivity index (χ1v) is 6.43. The summed E-state index contributed by atoms with van der Waals surface area (Å²) in [6.07, 6.45) is 5.91. The first-order chi connectivity index (χ1) is 5.46. The third-order valence-corrected chi connectivity index (χ3v) is 4.34. The van der Waals surface area contributed by atoms with Crippen molar-refractivity contribution in [1.29, 1.82) is 0 Å². The lowest BCUT2D eigenvalue weighted by Gasteiger charge is -2.34. The molecule has 1 saturated heterocycles. The highest BCUT2D eigenvalue weighted by molar-refractivity contribution is 7.58. The van der Waals surface area contributed by atoms with E-state index >= 15 is 0 Å². The van der Waals surface area contributed by atoms with E-state index < -0.39 is 7.37 Å². The van der Waals surface area contributed by atoms with Gasteiger partial charge in [0, 0.05) is 18.7 Å². The van der Waals surface area contributed by atoms with E-state index in [0.717, 1.165) is 0 Å². The van der Waals surface area contributed by atoms with Gasteiger partial charge in [0.2, 0.25) is 7.37 Å². The Morgan fingerprint density at radius 3 is 2.67 bits per heavy atom. The van der Waals surface area contributed by atoms with Gasteiger partial charge in [-0.3, -0.25) is 4.57 Å². The third-order valence-electron chi connectivity index (χ3n) is 2.51. The minimum atomic E-state index is -2.40. The van der Waals surface area contributed by atoms with Gasteiger partial charge in [0.25, 0.3) is 0 Å². The summed E-state index contributed by atoms with van der Waals surface area (Å²) in [4.78, 5) is 0. The van der Waals surface area contributed by atoms with Crippen LogP contribution in [0.15, 0.2) is 0 Å². The average Bonchev–Trinajstić information content (AvgIpc) is 1.96. The van der Waals surface area contributed by atoms with Crippen LogP contribution in [0.5, 0.6) is 0 Å². The second-order valence-corrected chi connectivity index (χ2v) is 6.24. The van der Waals surface area contributed by atoms with Crippen molar-refractivity contribution in [3.05, 3.63) is 0 Å². The van der Waals surface area contributed by atoms with Gasteiger partial charge < -0.3 is 4.52 Å². The van der Waals surface area contributed by atoms with Crippen LogP contribution in [0.25, 0.3) is 0 Å². The standard InChI is InChI=1S/C9H15O2P/c1-5-9-6-12(4,10)11-8(3)7(9)2/h1,7-9H,6H2,2-4H3. The molecule has 0 bridgehead atoms. The van der Waals surface area contributed by atoms with Gasteiger partial charge in [0.15, 0.2) is 0 Å². The van der Waals surface area contributed by atoms with Gasteiger partial charge in [-0.2, -0.15) is 0 Å². The predicted octanol–water partition coefficient (Wildman–Crippen LogP) is 2.20. The number of hydrogen-bond donors (Lipinski definition) is 0. The molecule has 68 valence electrons. The molecule has 1 aliphatic rings. The maximum atomic E-state index is 11.6. The zero-order valence-electron chi connectivity index (χ0n) is 7.78. The molecule has 12 heavy (non-hydrogen) atoms. The van der Waals surface area contributed by atoms with Gasteiger partial charge in [-0.15, -0.1) is 12.3 Å². The topological polar surface area (TPSA) is 26.3 Å². The van der Waals surface area contributed by atoms with Crippen LogP contribution in [0.3, 0.4) is 0 Å². The largest absolute Gasteiger partial charge is 0.325 e. The minimum absolute atomic E-state index is 0.0237. The smallest absolute Gasteiger partial charge is 0.201 e. The van der Waals surface area contributed by atoms with Crippen molar-refractivity contribution >= 4 is 7.37 Å². The molecule has 0 saturated carbocycles. The maximum Gasteiger partial charge on any atom is 0.201 e. The fourth-order valence-electron chi connectivity index (χ4n) is 1.55. The normalized spacial score (nSPS) is 48.3. The van der Waals surface area contributed by atoms with Crippen molar-refractivity contribution in [2.45, 2.75) is 20.0 Å². The van der Waals surface area contributed by atoms with Gasteiger partial charge in [0.05, 0.1) is 6.10 Å². The van der Waals surface area contributed by atoms with Crippen molar-refractivity contribution < 1.29 is 9.09 Å². The summed E-state index contributed by atoms with van der Waals surface area (Å²) in [5, 5.41) is 0. The number of rotatable bonds is 0. The molecule has 0 spiro atoms. The Labute approximate surface area is 74.1 Å². The predicted molar refractivity (Wildman–Crippen MR) is 50.4 cm³/mol. The van der Waals surface area contributed by atoms with Crippen LogP contribution in [-0.2, 0) is 9.09 Å². The molecule has 0 aromatic heterocycles. The molecule has 0 amide bonds. The minimum Gasteiger partial charge on any atom is -0.325 e. The molecule has 0 aliphatic carbocycles. The molecular formula is C9H15O2P. The van der Waals surface area contributed by atoms with Crippen molar-refractivity contribution in [1.82, 2.24) is 0 Å². The quantitative estimate of drug-likeness (QED) is 0.428. The van der Waals surface area contributed by atoms with Gasteiger partial charge in [-0.1, -0.05) is 6.92 Å². The first kappa shape index (κ1) is 9.84. The highest BCUT2D eigenvalue weighted by atomic mass is 31.2. The highest BCUT2D eigenvalue weighted by Gasteiger charge is 2.36. The summed E-state index contributed by atoms with van der Waals surface area (Å²) in [6.45, 7) is 5.65. The molecule has 4 unspecified atom stereocenters. The lowest BCUT2D eigenvalue weighted by atomic mass is 9.92. The highest BCUT2D eigenvalue weighted by Crippen LogP contribution is 2.52. The molecule has 2 nitrogen and oxygen atoms in total. The Morgan fingerprint density at radius 2 is 2.17 bits per heavy atom. The SMILES string of the molecule is C#CC1CP(C)(=O)OC(C)C1C. The summed E-state index contributed by atoms with van der Waals surface area (Å²) in [7, 11) is -2.40. The van der Waals surface area contributed by atoms with E-state index in [4.69, 9.17) is 10.9 Å². The van der Waals surface area contributed by atoms with Crippen LogP contribution < -0.4 is 0 Å². The third kappa shape index (κ3) is 1.91. The van der Waals surface area contributed by atoms with E-state index in [2.05, 4.69) is 5.92 Å². The molecule has 3 heteroatoms. The lowest BCUT2D eigenvalue weighted by Crippen LogP contribution is -2.31. The second-order valence-electron chi connectivity index (χ2n) is 3.64. The molecule has 0 radical (unpaired) electrons. The second kappa shape index (κ2) is 3.24. The average molecular weight is 186 g/mol. The van der Waals surface area contributed by atoms with Crippen molar-refractivity contribution in [2.24, 2.45) is 11.8 Å². The molecule has 1 fully saturated rings. The fourth-order valence-corrected chi connectivity index (χ4v) is 3.68. The Balaban J connectivity index is 2.80. The van der Waals surface area contributed by atoms with Gasteiger partial charge >= 0.3 is 0 Å². The van der Waals surface area contributed by atoms with Gasteiger partial charge in [-0.25, -0.2) is 0 Å². The lowest BCUT2D eigenvalue weighted by molar-refractivity contribution is 0.124. The number of terminal acetylenes is 1. The molecule has 4 atom stereocenters. The van der Waals surface area contributed by atoms with Crippen molar-refractivity contribution in [3.63, 3.8) is 0 Å². The molecule has 0 N–H and O–H groups in total. The summed E-state index contributed by atoms with van der Waals surface area (Å²) >= 11 is 0. The van der Waals surface area contributed by atoms with E-state index in [9.17, 15) is 4.57 Å². The molecule has 0 aromatic rings. The monoisotopic (exact) mass is 186 g/mol. The van der Waals surface area contributed by atoms with E-state index in [1.807, 2.05) is 13.8 Å². The van der Waals surface area contributed by atoms with Crippen LogP contribution in [0, 0.1) is 24.2 Å². The van der Waals surface area contributed by atoms with Crippen LogP contribution >= 0.6 is 7.37 Å². The summed E-state index contributed by atoms with van der Waals surface area (Å²) in [5.74, 6) is 3.12. The Morgan fingerprint density at radius 1 is 1.58 bits per heavy atom. The van der Waals surface area contributed by atoms with E-state index in [-0.39, 0.29) is 12.0 Å². The van der Waals surface area contributed by atoms with E-state index in [1.165, 1.54) is 0 Å². The van der Waals surface area contributed by atoms with E-state index in [0.29, 0.717) is 12.1 Å². The van der Waals surface area contributed by atoms with Crippen LogP contribution in [0.1, 0.15) is 13.8 Å². The summed E-state index contributed by atoms with van der Waals surface area (Å²) in [6, 6.07) is 0. The zero-order valence-corrected chi connectivity index (χ0v) is 8.67. The van der Waals surface area contributed by atoms with Crippen LogP contribution in [-0.4, -0.2) is 18.9 Å². The Hall–Kier alpha value is -0.250. The molecule has 1 aliphatic heterocycles. The van der Waals surface area contributed by atoms with Crippen LogP contribution in [0.2, 0.25) is 0 Å². The van der Waals surface area contributed by atoms with Crippen molar-refractivity contribution in [2.75, 3.05) is 12.8 Å². The van der Waals surface area contributed by atoms with Gasteiger partial charge in [0.1, 0.15) is 0 Å². The summed E-state index contributed by atoms with van der Waals surface area (Å²) < 4.78 is 17.0. The Kier molecular flexibility index (Phi) is 2.66. The summed E-state index contributed by atoms with van der Waals surface area (Å²) in [5.41, 5.74) is 0. The van der Waals surface area contributed by atoms with Crippen LogP contribution in [0.4, 0.5) is 0 Å². The molecule has 1 heterocycles. The van der Waals surface area contributed by atoms with Gasteiger partial charge in [-0.05, 0) is 12.8 Å². The maximum absolute atomic E-state index is 11.6. The first-order valence-electron chi connectivity index (χ1n) is 4.17. The molecular weight excluding hydrogens is 171 g/mol. The van der Waals surface area contributed by atoms with E-state index in [1.54, 1.807) is 6.66 Å². The van der Waals surface area contributed by atoms with Crippen molar-refractivity contribution in [3.8, 4) is 12.3 Å². The zero-order chi connectivity index (χ0) is 9.35. The Bertz CT molecular complexity index is 254. The number of hydrogen-bond acceptors (Lipinski definition) is 2. The molecule has 1 rings (SSSR count). The molecule has 0 aromatic carbocycles.